The zero-order valence-corrected chi connectivity index (χ0v) is 19.0. The molecule has 2 aromatic carbocycles. The molecule has 0 amide bonds. The highest BCUT2D eigenvalue weighted by molar-refractivity contribution is 7.99. The molecular weight excluding hydrogens is 412 g/mol. The van der Waals surface area contributed by atoms with E-state index in [1.165, 1.54) is 34.2 Å². The number of nitrogens with one attached hydrogen (secondary N) is 1. The second-order valence-electron chi connectivity index (χ2n) is 7.51. The number of aromatic nitrogens is 2. The second kappa shape index (κ2) is 8.20. The van der Waals surface area contributed by atoms with Gasteiger partial charge in [-0.1, -0.05) is 42.1 Å². The Balaban J connectivity index is 1.59. The van der Waals surface area contributed by atoms with Gasteiger partial charge in [-0.05, 0) is 61.6 Å². The van der Waals surface area contributed by atoms with Gasteiger partial charge in [0.15, 0.2) is 10.9 Å². The first-order valence-corrected chi connectivity index (χ1v) is 11.5. The Bertz CT molecular complexity index is 1340. The van der Waals surface area contributed by atoms with Crippen molar-refractivity contribution in [1.29, 1.82) is 0 Å². The molecule has 0 aliphatic rings. The van der Waals surface area contributed by atoms with Crippen molar-refractivity contribution < 1.29 is 4.79 Å². The summed E-state index contributed by atoms with van der Waals surface area (Å²) in [4.78, 5) is 33.5. The Morgan fingerprint density at radius 2 is 1.70 bits per heavy atom. The van der Waals surface area contributed by atoms with Crippen molar-refractivity contribution in [2.75, 3.05) is 5.75 Å². The van der Waals surface area contributed by atoms with Gasteiger partial charge in [0.1, 0.15) is 4.83 Å². The SMILES string of the molecule is Cc1ccc(C(=O)CSc2nc3scc(-c4ccc(C)c(C)c4)c3c(=O)[nH]2)cc1C. The molecule has 152 valence electrons. The number of carbonyl (C=O) groups excluding carboxylic acids is 1. The molecule has 4 nitrogen and oxygen atoms in total. The molecule has 1 N–H and O–H groups in total. The first-order valence-electron chi connectivity index (χ1n) is 9.66. The van der Waals surface area contributed by atoms with Gasteiger partial charge in [0, 0.05) is 16.5 Å². The van der Waals surface area contributed by atoms with Crippen LogP contribution in [0, 0.1) is 27.7 Å². The summed E-state index contributed by atoms with van der Waals surface area (Å²) in [5.74, 6) is 0.250. The van der Waals surface area contributed by atoms with Gasteiger partial charge in [0.05, 0.1) is 11.1 Å². The Morgan fingerprint density at radius 3 is 2.40 bits per heavy atom. The minimum atomic E-state index is -0.171. The van der Waals surface area contributed by atoms with Crippen molar-refractivity contribution in [3.8, 4) is 11.1 Å². The quantitative estimate of drug-likeness (QED) is 0.243. The largest absolute Gasteiger partial charge is 0.301 e. The number of aromatic amines is 1. The molecule has 0 atom stereocenters. The topological polar surface area (TPSA) is 62.8 Å². The maximum atomic E-state index is 12.8. The van der Waals surface area contributed by atoms with E-state index in [2.05, 4.69) is 35.9 Å². The number of benzene rings is 2. The van der Waals surface area contributed by atoms with Crippen molar-refractivity contribution in [2.24, 2.45) is 0 Å². The van der Waals surface area contributed by atoms with E-state index in [0.29, 0.717) is 20.9 Å². The zero-order valence-electron chi connectivity index (χ0n) is 17.3. The Labute approximate surface area is 183 Å². The number of Topliss-reactive ketones (excluding diaryl/α,β-unsaturated/α-hetero) is 1. The van der Waals surface area contributed by atoms with Crippen LogP contribution >= 0.6 is 23.1 Å². The summed E-state index contributed by atoms with van der Waals surface area (Å²) in [5, 5.41) is 3.05. The number of fused-ring (bicyclic) bond motifs is 1. The average Bonchev–Trinajstić information content (AvgIpc) is 3.15. The van der Waals surface area contributed by atoms with Crippen LogP contribution < -0.4 is 5.56 Å². The van der Waals surface area contributed by atoms with Crippen molar-refractivity contribution >= 4 is 39.1 Å². The van der Waals surface area contributed by atoms with E-state index in [9.17, 15) is 9.59 Å². The lowest BCUT2D eigenvalue weighted by molar-refractivity contribution is 0.102. The first-order chi connectivity index (χ1) is 14.3. The van der Waals surface area contributed by atoms with E-state index >= 15 is 0 Å². The number of hydrogen-bond acceptors (Lipinski definition) is 5. The van der Waals surface area contributed by atoms with Gasteiger partial charge >= 0.3 is 0 Å². The number of hydrogen-bond donors (Lipinski definition) is 1. The summed E-state index contributed by atoms with van der Waals surface area (Å²) in [6.07, 6.45) is 0. The average molecular weight is 435 g/mol. The molecule has 0 saturated heterocycles. The minimum Gasteiger partial charge on any atom is -0.301 e. The predicted molar refractivity (Wildman–Crippen MR) is 126 cm³/mol. The number of aryl methyl sites for hydroxylation is 4. The Kier molecular flexibility index (Phi) is 5.62. The highest BCUT2D eigenvalue weighted by Crippen LogP contribution is 2.32. The highest BCUT2D eigenvalue weighted by Gasteiger charge is 2.15. The minimum absolute atomic E-state index is 0.0212. The third-order valence-corrected chi connectivity index (χ3v) is 7.15. The van der Waals surface area contributed by atoms with E-state index in [-0.39, 0.29) is 17.1 Å². The molecule has 0 bridgehead atoms. The molecule has 4 rings (SSSR count). The fraction of sp³-hybridized carbons (Fsp3) is 0.208. The first kappa shape index (κ1) is 20.6. The number of nitrogens with zero attached hydrogens (tertiary/aromatic N) is 1. The van der Waals surface area contributed by atoms with Crippen LogP contribution in [0.15, 0.2) is 51.7 Å². The number of carbonyl (C=O) groups is 1. The van der Waals surface area contributed by atoms with Crippen molar-refractivity contribution in [2.45, 2.75) is 32.9 Å². The van der Waals surface area contributed by atoms with Crippen LogP contribution in [-0.2, 0) is 0 Å². The van der Waals surface area contributed by atoms with Crippen molar-refractivity contribution in [3.05, 3.63) is 79.9 Å². The zero-order chi connectivity index (χ0) is 21.4. The third-order valence-electron chi connectivity index (χ3n) is 5.41. The smallest absolute Gasteiger partial charge is 0.260 e. The molecule has 2 heterocycles. The predicted octanol–water partition coefficient (Wildman–Crippen LogP) is 5.86. The van der Waals surface area contributed by atoms with E-state index in [0.717, 1.165) is 22.3 Å². The summed E-state index contributed by atoms with van der Waals surface area (Å²) in [5.41, 5.74) is 7.09. The van der Waals surface area contributed by atoms with Gasteiger partial charge in [0.25, 0.3) is 5.56 Å². The molecule has 0 radical (unpaired) electrons. The summed E-state index contributed by atoms with van der Waals surface area (Å²) in [6, 6.07) is 11.9. The number of thiophene rings is 1. The lowest BCUT2D eigenvalue weighted by Crippen LogP contribution is -2.10. The molecule has 0 spiro atoms. The van der Waals surface area contributed by atoms with Gasteiger partial charge in [-0.2, -0.15) is 0 Å². The van der Waals surface area contributed by atoms with Crippen molar-refractivity contribution in [3.63, 3.8) is 0 Å². The van der Waals surface area contributed by atoms with Crippen LogP contribution in [0.5, 0.6) is 0 Å². The molecule has 2 aromatic heterocycles. The lowest BCUT2D eigenvalue weighted by Gasteiger charge is -2.06. The Morgan fingerprint density at radius 1 is 1.00 bits per heavy atom. The molecule has 0 fully saturated rings. The number of thioether (sulfide) groups is 1. The summed E-state index contributed by atoms with van der Waals surface area (Å²) < 4.78 is 0. The van der Waals surface area contributed by atoms with Gasteiger partial charge in [-0.25, -0.2) is 4.98 Å². The molecule has 0 aliphatic heterocycles. The van der Waals surface area contributed by atoms with E-state index in [1.54, 1.807) is 0 Å². The molecule has 6 heteroatoms. The van der Waals surface area contributed by atoms with Crippen molar-refractivity contribution in [1.82, 2.24) is 9.97 Å². The molecule has 0 aliphatic carbocycles. The fourth-order valence-corrected chi connectivity index (χ4v) is 5.01. The molecule has 0 saturated carbocycles. The van der Waals surface area contributed by atoms with Gasteiger partial charge in [-0.15, -0.1) is 11.3 Å². The van der Waals surface area contributed by atoms with E-state index in [1.807, 2.05) is 43.5 Å². The summed E-state index contributed by atoms with van der Waals surface area (Å²) >= 11 is 2.71. The maximum Gasteiger partial charge on any atom is 0.260 e. The van der Waals surface area contributed by atoms with Crippen LogP contribution in [0.4, 0.5) is 0 Å². The van der Waals surface area contributed by atoms with E-state index < -0.39 is 0 Å². The monoisotopic (exact) mass is 434 g/mol. The molecule has 4 aromatic rings. The van der Waals surface area contributed by atoms with E-state index in [4.69, 9.17) is 0 Å². The van der Waals surface area contributed by atoms with Crippen LogP contribution in [0.2, 0.25) is 0 Å². The van der Waals surface area contributed by atoms with Crippen LogP contribution in [0.1, 0.15) is 32.6 Å². The summed E-state index contributed by atoms with van der Waals surface area (Å²) in [7, 11) is 0. The summed E-state index contributed by atoms with van der Waals surface area (Å²) in [6.45, 7) is 8.16. The van der Waals surface area contributed by atoms with Gasteiger partial charge in [0.2, 0.25) is 0 Å². The number of H-pyrrole nitrogens is 1. The second-order valence-corrected chi connectivity index (χ2v) is 9.33. The lowest BCUT2D eigenvalue weighted by atomic mass is 10.0. The standard InChI is InChI=1S/C24H22N2O2S2/c1-13-5-7-17(9-15(13)3)19-11-29-23-21(19)22(28)25-24(26-23)30-12-20(27)18-8-6-14(2)16(4)10-18/h5-11H,12H2,1-4H3,(H,25,26,28). The third kappa shape index (κ3) is 3.98. The van der Waals surface area contributed by atoms with Crippen LogP contribution in [-0.4, -0.2) is 21.5 Å². The van der Waals surface area contributed by atoms with Gasteiger partial charge in [-0.3, -0.25) is 9.59 Å². The molecule has 30 heavy (non-hydrogen) atoms. The van der Waals surface area contributed by atoms with Crippen LogP contribution in [0.25, 0.3) is 21.3 Å². The van der Waals surface area contributed by atoms with Crippen LogP contribution in [0.3, 0.4) is 0 Å². The number of rotatable bonds is 5. The molecular formula is C24H22N2O2S2. The fourth-order valence-electron chi connectivity index (χ4n) is 3.25. The van der Waals surface area contributed by atoms with Gasteiger partial charge < -0.3 is 4.98 Å². The Hall–Kier alpha value is -2.70. The maximum absolute atomic E-state index is 12.8. The molecule has 0 unspecified atom stereocenters. The number of ketones is 1. The normalized spacial score (nSPS) is 11.2. The highest BCUT2D eigenvalue weighted by atomic mass is 32.2.